The molecule has 102 valence electrons. The molecule has 21 heavy (non-hydrogen) atoms. The zero-order valence-corrected chi connectivity index (χ0v) is 10.9. The van der Waals surface area contributed by atoms with Crippen LogP contribution in [0.25, 0.3) is 0 Å². The molecule has 2 rings (SSSR count). The molecule has 0 aliphatic heterocycles. The maximum Gasteiger partial charge on any atom is 0.365 e. The van der Waals surface area contributed by atoms with Crippen molar-refractivity contribution in [2.24, 2.45) is 5.16 Å². The zero-order chi connectivity index (χ0) is 15.1. The Morgan fingerprint density at radius 3 is 1.95 bits per heavy atom. The molecular formula is C16H10N2O3. The molecule has 0 N–H and O–H groups in total. The average Bonchev–Trinajstić information content (AvgIpc) is 2.56. The van der Waals surface area contributed by atoms with Crippen molar-refractivity contribution in [1.82, 2.24) is 0 Å². The molecule has 0 heterocycles. The van der Waals surface area contributed by atoms with Crippen molar-refractivity contribution >= 4 is 17.5 Å². The first-order valence-electron chi connectivity index (χ1n) is 6.06. The van der Waals surface area contributed by atoms with Crippen LogP contribution in [0, 0.1) is 11.3 Å². The second-order valence-electron chi connectivity index (χ2n) is 3.99. The number of nitriles is 1. The maximum absolute atomic E-state index is 12.0. The SMILES string of the molecule is N#C/C(=N\OC(=O)c1ccccc1)C(=O)c1ccccc1. The Kier molecular flexibility index (Phi) is 4.57. The van der Waals surface area contributed by atoms with E-state index in [9.17, 15) is 9.59 Å². The van der Waals surface area contributed by atoms with Gasteiger partial charge in [-0.15, -0.1) is 0 Å². The van der Waals surface area contributed by atoms with E-state index in [1.807, 2.05) is 0 Å². The van der Waals surface area contributed by atoms with Gasteiger partial charge in [-0.25, -0.2) is 4.79 Å². The Morgan fingerprint density at radius 2 is 1.43 bits per heavy atom. The van der Waals surface area contributed by atoms with Crippen molar-refractivity contribution in [3.8, 4) is 6.07 Å². The van der Waals surface area contributed by atoms with E-state index >= 15 is 0 Å². The van der Waals surface area contributed by atoms with E-state index in [2.05, 4.69) is 9.99 Å². The number of Topliss-reactive ketones (excluding diaryl/α,β-unsaturated/α-hetero) is 1. The molecule has 5 heteroatoms. The second-order valence-corrected chi connectivity index (χ2v) is 3.99. The lowest BCUT2D eigenvalue weighted by Gasteiger charge is -1.99. The Morgan fingerprint density at radius 1 is 0.905 bits per heavy atom. The van der Waals surface area contributed by atoms with Crippen LogP contribution in [0.5, 0.6) is 0 Å². The highest BCUT2D eigenvalue weighted by atomic mass is 16.7. The number of ketones is 1. The molecule has 0 atom stereocenters. The minimum absolute atomic E-state index is 0.283. The highest BCUT2D eigenvalue weighted by Gasteiger charge is 2.15. The number of hydrogen-bond acceptors (Lipinski definition) is 5. The molecule has 0 unspecified atom stereocenters. The molecule has 0 saturated heterocycles. The normalized spacial score (nSPS) is 10.5. The van der Waals surface area contributed by atoms with Gasteiger partial charge in [0.15, 0.2) is 0 Å². The molecular weight excluding hydrogens is 268 g/mol. The van der Waals surface area contributed by atoms with Gasteiger partial charge in [0.2, 0.25) is 11.5 Å². The van der Waals surface area contributed by atoms with Gasteiger partial charge in [0.05, 0.1) is 5.56 Å². The van der Waals surface area contributed by atoms with Crippen LogP contribution in [0.4, 0.5) is 0 Å². The first kappa shape index (κ1) is 14.2. The van der Waals surface area contributed by atoms with E-state index in [0.29, 0.717) is 5.56 Å². The highest BCUT2D eigenvalue weighted by molar-refractivity contribution is 6.51. The zero-order valence-electron chi connectivity index (χ0n) is 10.9. The van der Waals surface area contributed by atoms with Gasteiger partial charge in [-0.05, 0) is 12.1 Å². The molecule has 0 aromatic heterocycles. The molecule has 2 aromatic rings. The van der Waals surface area contributed by atoms with Crippen LogP contribution in [-0.4, -0.2) is 17.5 Å². The maximum atomic E-state index is 12.0. The third-order valence-corrected chi connectivity index (χ3v) is 2.59. The van der Waals surface area contributed by atoms with Crippen LogP contribution in [0.2, 0.25) is 0 Å². The monoisotopic (exact) mass is 278 g/mol. The summed E-state index contributed by atoms with van der Waals surface area (Å²) in [6, 6.07) is 18.0. The standard InChI is InChI=1S/C16H10N2O3/c17-11-14(15(19)12-7-3-1-4-8-12)18-21-16(20)13-9-5-2-6-10-13/h1-10H/b18-14+. The number of hydrogen-bond donors (Lipinski definition) is 0. The van der Waals surface area contributed by atoms with Gasteiger partial charge in [-0.1, -0.05) is 53.7 Å². The van der Waals surface area contributed by atoms with Gasteiger partial charge in [0.1, 0.15) is 6.07 Å². The van der Waals surface area contributed by atoms with Crippen molar-refractivity contribution in [3.05, 3.63) is 71.8 Å². The summed E-state index contributed by atoms with van der Waals surface area (Å²) >= 11 is 0. The molecule has 0 fully saturated rings. The number of benzene rings is 2. The van der Waals surface area contributed by atoms with Crippen LogP contribution in [-0.2, 0) is 4.84 Å². The fraction of sp³-hybridized carbons (Fsp3) is 0. The number of carbonyl (C=O) groups excluding carboxylic acids is 2. The number of rotatable bonds is 4. The van der Waals surface area contributed by atoms with Crippen molar-refractivity contribution in [2.75, 3.05) is 0 Å². The largest absolute Gasteiger partial charge is 0.365 e. The van der Waals surface area contributed by atoms with Crippen molar-refractivity contribution < 1.29 is 14.4 Å². The van der Waals surface area contributed by atoms with E-state index < -0.39 is 17.5 Å². The predicted octanol–water partition coefficient (Wildman–Crippen LogP) is 2.61. The second kappa shape index (κ2) is 6.78. The lowest BCUT2D eigenvalue weighted by atomic mass is 10.1. The summed E-state index contributed by atoms with van der Waals surface area (Å²) in [7, 11) is 0. The summed E-state index contributed by atoms with van der Waals surface area (Å²) in [5, 5.41) is 12.3. The van der Waals surface area contributed by atoms with Gasteiger partial charge in [-0.3, -0.25) is 4.79 Å². The molecule has 0 bridgehead atoms. The number of carbonyl (C=O) groups is 2. The van der Waals surface area contributed by atoms with Crippen molar-refractivity contribution in [2.45, 2.75) is 0 Å². The lowest BCUT2D eigenvalue weighted by molar-refractivity contribution is 0.0516. The van der Waals surface area contributed by atoms with Crippen LogP contribution in [0.3, 0.4) is 0 Å². The summed E-state index contributed by atoms with van der Waals surface area (Å²) in [5.74, 6) is -1.33. The third kappa shape index (κ3) is 3.61. The summed E-state index contributed by atoms with van der Waals surface area (Å²) < 4.78 is 0. The minimum Gasteiger partial charge on any atom is -0.311 e. The summed E-state index contributed by atoms with van der Waals surface area (Å²) in [6.45, 7) is 0. The Labute approximate surface area is 121 Å². The summed E-state index contributed by atoms with van der Waals surface area (Å²) in [4.78, 5) is 28.3. The first-order chi connectivity index (χ1) is 10.2. The van der Waals surface area contributed by atoms with Crippen LogP contribution < -0.4 is 0 Å². The van der Waals surface area contributed by atoms with E-state index in [1.54, 1.807) is 66.7 Å². The van der Waals surface area contributed by atoms with E-state index in [4.69, 9.17) is 5.26 Å². The van der Waals surface area contributed by atoms with Crippen LogP contribution in [0.15, 0.2) is 65.8 Å². The number of nitrogens with zero attached hydrogens (tertiary/aromatic N) is 2. The van der Waals surface area contributed by atoms with E-state index in [-0.39, 0.29) is 5.56 Å². The van der Waals surface area contributed by atoms with Gasteiger partial charge in [0.25, 0.3) is 0 Å². The quantitative estimate of drug-likeness (QED) is 0.372. The predicted molar refractivity (Wildman–Crippen MR) is 75.7 cm³/mol. The Hall–Kier alpha value is -3.26. The molecule has 5 nitrogen and oxygen atoms in total. The van der Waals surface area contributed by atoms with Gasteiger partial charge in [0, 0.05) is 5.56 Å². The summed E-state index contributed by atoms with van der Waals surface area (Å²) in [5.41, 5.74) is 0.102. The Balaban J connectivity index is 2.13. The average molecular weight is 278 g/mol. The van der Waals surface area contributed by atoms with Crippen molar-refractivity contribution in [3.63, 3.8) is 0 Å². The highest BCUT2D eigenvalue weighted by Crippen LogP contribution is 2.04. The van der Waals surface area contributed by atoms with E-state index in [0.717, 1.165) is 0 Å². The lowest BCUT2D eigenvalue weighted by Crippen LogP contribution is -2.14. The topological polar surface area (TPSA) is 79.5 Å². The van der Waals surface area contributed by atoms with Gasteiger partial charge >= 0.3 is 5.97 Å². The van der Waals surface area contributed by atoms with Crippen molar-refractivity contribution in [1.29, 1.82) is 5.26 Å². The third-order valence-electron chi connectivity index (χ3n) is 2.59. The first-order valence-corrected chi connectivity index (χ1v) is 6.06. The molecule has 0 aliphatic carbocycles. The molecule has 0 aliphatic rings. The fourth-order valence-electron chi connectivity index (χ4n) is 1.55. The molecule has 2 aromatic carbocycles. The molecule has 0 spiro atoms. The molecule has 0 saturated carbocycles. The smallest absolute Gasteiger partial charge is 0.311 e. The Bertz CT molecular complexity index is 716. The molecule has 0 radical (unpaired) electrons. The van der Waals surface area contributed by atoms with Gasteiger partial charge < -0.3 is 4.84 Å². The van der Waals surface area contributed by atoms with Crippen LogP contribution >= 0.6 is 0 Å². The van der Waals surface area contributed by atoms with E-state index in [1.165, 1.54) is 0 Å². The van der Waals surface area contributed by atoms with Gasteiger partial charge in [-0.2, -0.15) is 5.26 Å². The summed E-state index contributed by atoms with van der Waals surface area (Å²) in [6.07, 6.45) is 0. The molecule has 0 amide bonds. The number of oxime groups is 1. The minimum atomic E-state index is -0.732. The fourth-order valence-corrected chi connectivity index (χ4v) is 1.55. The van der Waals surface area contributed by atoms with Crippen LogP contribution in [0.1, 0.15) is 20.7 Å².